The van der Waals surface area contributed by atoms with E-state index in [1.165, 1.54) is 5.56 Å². The lowest BCUT2D eigenvalue weighted by Crippen LogP contribution is -2.36. The number of nitrogens with one attached hydrogen (secondary N) is 1. The fourth-order valence-corrected chi connectivity index (χ4v) is 4.68. The van der Waals surface area contributed by atoms with Crippen molar-refractivity contribution < 1.29 is 14.3 Å². The average molecular weight is 469 g/mol. The summed E-state index contributed by atoms with van der Waals surface area (Å²) in [5, 5.41) is 8.63. The highest BCUT2D eigenvalue weighted by molar-refractivity contribution is 6.07. The normalized spacial score (nSPS) is 14.5. The average Bonchev–Trinajstić information content (AvgIpc) is 3.13. The molecule has 0 unspecified atom stereocenters. The van der Waals surface area contributed by atoms with Crippen molar-refractivity contribution in [2.75, 3.05) is 5.32 Å². The molecule has 1 aliphatic heterocycles. The third-order valence-electron chi connectivity index (χ3n) is 6.25. The minimum Gasteiger partial charge on any atom is -0.487 e. The Morgan fingerprint density at radius 1 is 1.03 bits per heavy atom. The van der Waals surface area contributed by atoms with Crippen molar-refractivity contribution in [2.45, 2.75) is 53.6 Å². The number of anilines is 1. The number of amides is 1. The van der Waals surface area contributed by atoms with Crippen LogP contribution in [0.1, 0.15) is 63.4 Å². The first kappa shape index (κ1) is 22.8. The number of hydrogen-bond donors (Lipinski definition) is 1. The highest BCUT2D eigenvalue weighted by Gasteiger charge is 2.33. The summed E-state index contributed by atoms with van der Waals surface area (Å²) >= 11 is 0. The summed E-state index contributed by atoms with van der Waals surface area (Å²) in [5.74, 6) is 1.26. The molecule has 1 aliphatic rings. The lowest BCUT2D eigenvalue weighted by Gasteiger charge is -2.31. The Bertz CT molecular complexity index is 1530. The number of aromatic nitrogens is 3. The lowest BCUT2D eigenvalue weighted by molar-refractivity contribution is 0.0620. The fourth-order valence-electron chi connectivity index (χ4n) is 4.68. The number of fused-ring (bicyclic) bond motifs is 2. The van der Waals surface area contributed by atoms with Gasteiger partial charge in [0.25, 0.3) is 5.91 Å². The van der Waals surface area contributed by atoms with Gasteiger partial charge < -0.3 is 10.1 Å². The van der Waals surface area contributed by atoms with Crippen LogP contribution in [0.25, 0.3) is 16.7 Å². The molecule has 2 aromatic heterocycles. The van der Waals surface area contributed by atoms with E-state index in [-0.39, 0.29) is 18.1 Å². The summed E-state index contributed by atoms with van der Waals surface area (Å²) in [6.07, 6.45) is 0.267. The van der Waals surface area contributed by atoms with Crippen molar-refractivity contribution in [3.63, 3.8) is 0 Å². The van der Waals surface area contributed by atoms with Gasteiger partial charge in [-0.3, -0.25) is 9.59 Å². The van der Waals surface area contributed by atoms with Crippen LogP contribution in [0.2, 0.25) is 0 Å². The summed E-state index contributed by atoms with van der Waals surface area (Å²) in [5.41, 5.74) is 5.26. The largest absolute Gasteiger partial charge is 0.487 e. The maximum atomic E-state index is 13.2. The molecule has 1 N–H and O–H groups in total. The summed E-state index contributed by atoms with van der Waals surface area (Å²) in [4.78, 5) is 30.7. The Morgan fingerprint density at radius 2 is 1.80 bits per heavy atom. The van der Waals surface area contributed by atoms with E-state index in [0.717, 1.165) is 27.7 Å². The zero-order chi connectivity index (χ0) is 25.1. The molecule has 35 heavy (non-hydrogen) atoms. The van der Waals surface area contributed by atoms with Gasteiger partial charge >= 0.3 is 0 Å². The third kappa shape index (κ3) is 4.18. The minimum absolute atomic E-state index is 0.0340. The fraction of sp³-hybridized carbons (Fsp3) is 0.286. The van der Waals surface area contributed by atoms with Gasteiger partial charge in [-0.1, -0.05) is 11.6 Å². The molecule has 0 aliphatic carbocycles. The van der Waals surface area contributed by atoms with Crippen molar-refractivity contribution >= 4 is 28.4 Å². The van der Waals surface area contributed by atoms with E-state index in [4.69, 9.17) is 9.72 Å². The molecule has 0 bridgehead atoms. The first-order chi connectivity index (χ1) is 16.5. The molecule has 0 radical (unpaired) electrons. The Hall–Kier alpha value is -4.00. The zero-order valence-electron chi connectivity index (χ0n) is 20.8. The summed E-state index contributed by atoms with van der Waals surface area (Å²) in [6.45, 7) is 11.8. The zero-order valence-corrected chi connectivity index (χ0v) is 20.8. The van der Waals surface area contributed by atoms with Gasteiger partial charge in [0.05, 0.1) is 23.2 Å². The summed E-state index contributed by atoms with van der Waals surface area (Å²) < 4.78 is 7.56. The van der Waals surface area contributed by atoms with E-state index >= 15 is 0 Å². The number of pyridine rings is 1. The molecule has 3 heterocycles. The number of benzene rings is 2. The second-order valence-electron chi connectivity index (χ2n) is 9.98. The number of rotatable bonds is 3. The highest BCUT2D eigenvalue weighted by Crippen LogP contribution is 2.34. The molecule has 5 rings (SSSR count). The first-order valence-electron chi connectivity index (χ1n) is 11.6. The Balaban J connectivity index is 1.50. The molecule has 1 amide bonds. The predicted molar refractivity (Wildman–Crippen MR) is 136 cm³/mol. The van der Waals surface area contributed by atoms with Crippen LogP contribution in [0.3, 0.4) is 0 Å². The van der Waals surface area contributed by atoms with Gasteiger partial charge in [0, 0.05) is 17.0 Å². The van der Waals surface area contributed by atoms with Crippen LogP contribution in [-0.2, 0) is 0 Å². The standard InChI is InChI=1S/C28H28N4O3/c1-15-9-17(3)26-20(10-15)16(2)11-24(29-26)32-25(12-18(4)31-32)30-27(34)19-7-8-23-21(13-19)22(33)14-28(5,6)35-23/h7-13H,14H2,1-6H3,(H,30,34). The number of Topliss-reactive ketones (excluding diaryl/α,β-unsaturated/α-hetero) is 1. The molecular formula is C28H28N4O3. The highest BCUT2D eigenvalue weighted by atomic mass is 16.5. The molecule has 0 spiro atoms. The van der Waals surface area contributed by atoms with Crippen LogP contribution in [-0.4, -0.2) is 32.1 Å². The van der Waals surface area contributed by atoms with Crippen LogP contribution in [0, 0.1) is 27.7 Å². The molecule has 0 atom stereocenters. The number of ether oxygens (including phenoxy) is 1. The third-order valence-corrected chi connectivity index (χ3v) is 6.25. The van der Waals surface area contributed by atoms with Crippen LogP contribution in [0.4, 0.5) is 5.82 Å². The van der Waals surface area contributed by atoms with Crippen molar-refractivity contribution in [3.05, 3.63) is 76.0 Å². The Labute approximate surface area is 204 Å². The molecule has 7 heteroatoms. The van der Waals surface area contributed by atoms with Gasteiger partial charge in [-0.2, -0.15) is 9.78 Å². The summed E-state index contributed by atoms with van der Waals surface area (Å²) in [6, 6.07) is 13.0. The van der Waals surface area contributed by atoms with E-state index in [1.54, 1.807) is 28.9 Å². The van der Waals surface area contributed by atoms with Crippen molar-refractivity contribution in [2.24, 2.45) is 0 Å². The van der Waals surface area contributed by atoms with Crippen LogP contribution < -0.4 is 10.1 Å². The molecule has 0 fully saturated rings. The summed E-state index contributed by atoms with van der Waals surface area (Å²) in [7, 11) is 0. The van der Waals surface area contributed by atoms with Crippen LogP contribution >= 0.6 is 0 Å². The van der Waals surface area contributed by atoms with Gasteiger partial charge in [0.2, 0.25) is 0 Å². The van der Waals surface area contributed by atoms with E-state index in [2.05, 4.69) is 36.4 Å². The topological polar surface area (TPSA) is 86.1 Å². The monoisotopic (exact) mass is 468 g/mol. The molecule has 178 valence electrons. The molecule has 2 aromatic carbocycles. The quantitative estimate of drug-likeness (QED) is 0.420. The minimum atomic E-state index is -0.556. The maximum Gasteiger partial charge on any atom is 0.256 e. The van der Waals surface area contributed by atoms with Gasteiger partial charge in [-0.15, -0.1) is 0 Å². The number of hydrogen-bond acceptors (Lipinski definition) is 5. The number of ketones is 1. The predicted octanol–water partition coefficient (Wildman–Crippen LogP) is 5.65. The van der Waals surface area contributed by atoms with E-state index < -0.39 is 5.60 Å². The lowest BCUT2D eigenvalue weighted by atomic mass is 9.92. The molecule has 0 saturated carbocycles. The van der Waals surface area contributed by atoms with Crippen molar-refractivity contribution in [1.29, 1.82) is 0 Å². The van der Waals surface area contributed by atoms with Crippen LogP contribution in [0.5, 0.6) is 5.75 Å². The second-order valence-corrected chi connectivity index (χ2v) is 9.98. The number of nitrogens with zero attached hydrogens (tertiary/aromatic N) is 3. The molecular weight excluding hydrogens is 440 g/mol. The molecule has 0 saturated heterocycles. The van der Waals surface area contributed by atoms with Gasteiger partial charge in [0.1, 0.15) is 17.2 Å². The van der Waals surface area contributed by atoms with Crippen molar-refractivity contribution in [3.8, 4) is 11.6 Å². The van der Waals surface area contributed by atoms with Gasteiger partial charge in [0.15, 0.2) is 11.6 Å². The number of carbonyl (C=O) groups excluding carboxylic acids is 2. The Morgan fingerprint density at radius 3 is 2.57 bits per heavy atom. The van der Waals surface area contributed by atoms with E-state index in [1.807, 2.05) is 33.8 Å². The van der Waals surface area contributed by atoms with E-state index in [9.17, 15) is 9.59 Å². The first-order valence-corrected chi connectivity index (χ1v) is 11.6. The van der Waals surface area contributed by atoms with Gasteiger partial charge in [-0.25, -0.2) is 4.98 Å². The molecule has 7 nitrogen and oxygen atoms in total. The number of carbonyl (C=O) groups is 2. The SMILES string of the molecule is Cc1cc(C)c2nc(-n3nc(C)cc3NC(=O)c3ccc4c(c3)C(=O)CC(C)(C)O4)cc(C)c2c1. The smallest absolute Gasteiger partial charge is 0.256 e. The van der Waals surface area contributed by atoms with Crippen molar-refractivity contribution in [1.82, 2.24) is 14.8 Å². The second kappa shape index (κ2) is 8.05. The molecule has 4 aromatic rings. The van der Waals surface area contributed by atoms with E-state index in [0.29, 0.717) is 28.5 Å². The van der Waals surface area contributed by atoms with Gasteiger partial charge in [-0.05, 0) is 83.0 Å². The maximum absolute atomic E-state index is 13.2. The van der Waals surface area contributed by atoms with Crippen LogP contribution in [0.15, 0.2) is 42.5 Å². The number of aryl methyl sites for hydroxylation is 4. The Kier molecular flexibility index (Phi) is 5.24.